The molecule has 2 aliphatic rings. The van der Waals surface area contributed by atoms with Crippen LogP contribution in [0.1, 0.15) is 42.8 Å². The summed E-state index contributed by atoms with van der Waals surface area (Å²) in [6.45, 7) is 8.40. The summed E-state index contributed by atoms with van der Waals surface area (Å²) in [6, 6.07) is 11.3. The highest BCUT2D eigenvalue weighted by molar-refractivity contribution is 5.95. The van der Waals surface area contributed by atoms with Crippen LogP contribution in [-0.2, 0) is 16.1 Å². The topological polar surface area (TPSA) is 75.6 Å². The number of nitrogens with zero attached hydrogens (tertiary/aromatic N) is 2. The van der Waals surface area contributed by atoms with E-state index in [1.807, 2.05) is 31.2 Å². The quantitative estimate of drug-likeness (QED) is 0.746. The molecular formula is C23H28N4O3. The van der Waals surface area contributed by atoms with Gasteiger partial charge in [0.05, 0.1) is 18.2 Å². The Morgan fingerprint density at radius 2 is 1.97 bits per heavy atom. The third-order valence-corrected chi connectivity index (χ3v) is 5.89. The molecule has 158 valence electrons. The zero-order valence-electron chi connectivity index (χ0n) is 17.6. The fourth-order valence-corrected chi connectivity index (χ4v) is 4.25. The number of fused-ring (bicyclic) bond motifs is 1. The fourth-order valence-electron chi connectivity index (χ4n) is 4.25. The summed E-state index contributed by atoms with van der Waals surface area (Å²) < 4.78 is 7.62. The number of benzene rings is 1. The molecular weight excluding hydrogens is 380 g/mol. The van der Waals surface area contributed by atoms with Crippen molar-refractivity contribution in [3.63, 3.8) is 0 Å². The average Bonchev–Trinajstić information content (AvgIpc) is 3.20. The zero-order chi connectivity index (χ0) is 21.3. The van der Waals surface area contributed by atoms with Gasteiger partial charge in [0, 0.05) is 43.3 Å². The molecule has 0 saturated carbocycles. The Morgan fingerprint density at radius 1 is 1.20 bits per heavy atom. The second-order valence-corrected chi connectivity index (χ2v) is 7.83. The number of hydrogen-bond donors (Lipinski definition) is 2. The van der Waals surface area contributed by atoms with Crippen LogP contribution < -0.4 is 10.6 Å². The number of ether oxygens (including phenoxy) is 1. The van der Waals surface area contributed by atoms with Crippen molar-refractivity contribution in [2.45, 2.75) is 39.4 Å². The minimum atomic E-state index is -0.544. The van der Waals surface area contributed by atoms with Crippen molar-refractivity contribution in [1.82, 2.24) is 20.1 Å². The van der Waals surface area contributed by atoms with E-state index in [-0.39, 0.29) is 18.7 Å². The first kappa shape index (κ1) is 20.2. The Labute approximate surface area is 176 Å². The molecule has 0 fully saturated rings. The molecule has 2 aromatic rings. The van der Waals surface area contributed by atoms with Crippen LogP contribution in [0.4, 0.5) is 4.79 Å². The lowest BCUT2D eigenvalue weighted by Crippen LogP contribution is -2.49. The number of rotatable bonds is 5. The minimum absolute atomic E-state index is 0.175. The van der Waals surface area contributed by atoms with E-state index in [0.29, 0.717) is 17.8 Å². The predicted molar refractivity (Wildman–Crippen MR) is 114 cm³/mol. The van der Waals surface area contributed by atoms with Gasteiger partial charge in [0.1, 0.15) is 0 Å². The highest BCUT2D eigenvalue weighted by Gasteiger charge is 2.35. The van der Waals surface area contributed by atoms with Crippen LogP contribution >= 0.6 is 0 Å². The van der Waals surface area contributed by atoms with Crippen LogP contribution in [0.15, 0.2) is 53.9 Å². The van der Waals surface area contributed by atoms with Crippen LogP contribution in [0.2, 0.25) is 0 Å². The van der Waals surface area contributed by atoms with Crippen molar-refractivity contribution in [3.05, 3.63) is 70.7 Å². The van der Waals surface area contributed by atoms with Crippen molar-refractivity contribution in [3.8, 4) is 0 Å². The van der Waals surface area contributed by atoms with Gasteiger partial charge >= 0.3 is 12.0 Å². The van der Waals surface area contributed by atoms with Gasteiger partial charge in [0.15, 0.2) is 0 Å². The first-order chi connectivity index (χ1) is 14.5. The summed E-state index contributed by atoms with van der Waals surface area (Å²) in [5, 5.41) is 5.78. The molecule has 0 radical (unpaired) electrons. The van der Waals surface area contributed by atoms with E-state index in [1.165, 1.54) is 5.69 Å². The molecule has 7 heteroatoms. The summed E-state index contributed by atoms with van der Waals surface area (Å²) in [4.78, 5) is 27.7. The summed E-state index contributed by atoms with van der Waals surface area (Å²) in [5.74, 6) is -0.404. The van der Waals surface area contributed by atoms with Gasteiger partial charge in [-0.2, -0.15) is 0 Å². The molecule has 7 nitrogen and oxygen atoms in total. The maximum atomic E-state index is 13.0. The molecule has 0 saturated heterocycles. The number of aryl methyl sites for hydroxylation is 1. The van der Waals surface area contributed by atoms with Gasteiger partial charge in [0.2, 0.25) is 0 Å². The second-order valence-electron chi connectivity index (χ2n) is 7.83. The molecule has 2 N–H and O–H groups in total. The Morgan fingerprint density at radius 3 is 2.70 bits per heavy atom. The molecule has 0 aliphatic carbocycles. The number of nitrogens with one attached hydrogen (secondary N) is 2. The van der Waals surface area contributed by atoms with E-state index >= 15 is 0 Å². The van der Waals surface area contributed by atoms with E-state index in [9.17, 15) is 9.59 Å². The number of aromatic nitrogens is 1. The molecule has 0 bridgehead atoms. The number of carbonyl (C=O) groups excluding carboxylic acids is 2. The van der Waals surface area contributed by atoms with Crippen LogP contribution in [0.25, 0.3) is 0 Å². The minimum Gasteiger partial charge on any atom is -0.463 e. The van der Waals surface area contributed by atoms with E-state index in [2.05, 4.69) is 45.4 Å². The van der Waals surface area contributed by atoms with Crippen LogP contribution in [-0.4, -0.2) is 41.2 Å². The third-order valence-electron chi connectivity index (χ3n) is 5.89. The van der Waals surface area contributed by atoms with Crippen molar-refractivity contribution in [1.29, 1.82) is 0 Å². The monoisotopic (exact) mass is 408 g/mol. The Balaban J connectivity index is 1.70. The lowest BCUT2D eigenvalue weighted by molar-refractivity contribution is -0.139. The van der Waals surface area contributed by atoms with Crippen molar-refractivity contribution < 1.29 is 14.3 Å². The standard InChI is InChI=1S/C23H28N4O3/c1-4-30-22(28)20-18(14-27-13-12-26-11-5-6-19(26)16(27)3)24-23(29)25-21(20)17-9-7-15(2)8-10-17/h5-11,16,21H,4,12-14H2,1-3H3,(H2,24,25,29)/t16-,21-/m0/s1. The highest BCUT2D eigenvalue weighted by atomic mass is 16.5. The normalized spacial score (nSPS) is 21.6. The van der Waals surface area contributed by atoms with Crippen LogP contribution in [0.3, 0.4) is 0 Å². The van der Waals surface area contributed by atoms with Gasteiger partial charge in [-0.15, -0.1) is 0 Å². The van der Waals surface area contributed by atoms with Crippen molar-refractivity contribution in [2.24, 2.45) is 0 Å². The molecule has 2 atom stereocenters. The van der Waals surface area contributed by atoms with E-state index in [0.717, 1.165) is 24.2 Å². The summed E-state index contributed by atoms with van der Waals surface area (Å²) in [5.41, 5.74) is 4.28. The SMILES string of the molecule is CCOC(=O)C1=C(CN2CCn3cccc3[C@@H]2C)NC(=O)N[C@H]1c1ccc(C)cc1. The second kappa shape index (κ2) is 8.36. The van der Waals surface area contributed by atoms with Crippen molar-refractivity contribution >= 4 is 12.0 Å². The molecule has 3 heterocycles. The molecule has 1 aromatic heterocycles. The maximum absolute atomic E-state index is 13.0. The highest BCUT2D eigenvalue weighted by Crippen LogP contribution is 2.31. The maximum Gasteiger partial charge on any atom is 0.338 e. The molecule has 4 rings (SSSR count). The molecule has 2 aliphatic heterocycles. The average molecular weight is 409 g/mol. The first-order valence-corrected chi connectivity index (χ1v) is 10.4. The van der Waals surface area contributed by atoms with Crippen LogP contribution in [0, 0.1) is 6.92 Å². The number of urea groups is 1. The molecule has 2 amide bonds. The van der Waals surface area contributed by atoms with Gasteiger partial charge < -0.3 is 19.9 Å². The van der Waals surface area contributed by atoms with Gasteiger partial charge in [-0.1, -0.05) is 29.8 Å². The lowest BCUT2D eigenvalue weighted by Gasteiger charge is -2.37. The van der Waals surface area contributed by atoms with E-state index < -0.39 is 12.0 Å². The number of carbonyl (C=O) groups is 2. The summed E-state index contributed by atoms with van der Waals surface area (Å²) >= 11 is 0. The number of amides is 2. The van der Waals surface area contributed by atoms with Gasteiger partial charge in [-0.25, -0.2) is 9.59 Å². The van der Waals surface area contributed by atoms with E-state index in [4.69, 9.17) is 4.74 Å². The molecule has 0 unspecified atom stereocenters. The van der Waals surface area contributed by atoms with Gasteiger partial charge in [-0.05, 0) is 38.5 Å². The predicted octanol–water partition coefficient (Wildman–Crippen LogP) is 3.04. The zero-order valence-corrected chi connectivity index (χ0v) is 17.6. The molecule has 30 heavy (non-hydrogen) atoms. The van der Waals surface area contributed by atoms with E-state index in [1.54, 1.807) is 6.92 Å². The molecule has 0 spiro atoms. The summed E-state index contributed by atoms with van der Waals surface area (Å²) in [6.07, 6.45) is 2.09. The largest absolute Gasteiger partial charge is 0.463 e. The Hall–Kier alpha value is -3.06. The van der Waals surface area contributed by atoms with Crippen LogP contribution in [0.5, 0.6) is 0 Å². The van der Waals surface area contributed by atoms with Gasteiger partial charge in [0.25, 0.3) is 0 Å². The van der Waals surface area contributed by atoms with Crippen molar-refractivity contribution in [2.75, 3.05) is 19.7 Å². The first-order valence-electron chi connectivity index (χ1n) is 10.4. The lowest BCUT2D eigenvalue weighted by atomic mass is 9.94. The fraction of sp³-hybridized carbons (Fsp3) is 0.391. The smallest absolute Gasteiger partial charge is 0.338 e. The van der Waals surface area contributed by atoms with Gasteiger partial charge in [-0.3, -0.25) is 4.90 Å². The third kappa shape index (κ3) is 3.85. The Bertz CT molecular complexity index is 977. The number of hydrogen-bond acceptors (Lipinski definition) is 4. The Kier molecular flexibility index (Phi) is 5.63. The molecule has 1 aromatic carbocycles. The summed E-state index contributed by atoms with van der Waals surface area (Å²) in [7, 11) is 0. The number of esters is 1.